The second kappa shape index (κ2) is 42.0. The number of allylic oxidation sites excluding steroid dienone is 4. The van der Waals surface area contributed by atoms with Crippen LogP contribution in [0.2, 0.25) is 0 Å². The van der Waals surface area contributed by atoms with Crippen LogP contribution >= 0.6 is 0 Å². The molecule has 0 radical (unpaired) electrons. The molecule has 0 spiro atoms. The van der Waals surface area contributed by atoms with E-state index in [1.807, 2.05) is 0 Å². The largest absolute Gasteiger partial charge is 0.394 e. The van der Waals surface area contributed by atoms with E-state index in [-0.39, 0.29) is 12.8 Å². The average Bonchev–Trinajstić information content (AvgIpc) is 3.28. The number of hydrogen-bond donors (Lipinski definition) is 8. The standard InChI is InChI=1S/C52H99NO10/c1-3-5-7-9-11-13-15-17-19-21-23-25-27-29-31-33-35-37-39-44(55)47(57)43(42-62-52-50(60)49(59)48(58)46(41-54)63-52)53-51(61)45(56)40-38-36-34-32-30-28-26-24-22-20-18-16-14-12-10-8-6-4-2/h22,24,31,33,43-50,52,54-60H,3-21,23,25-30,32,34-42H2,1-2H3,(H,53,61)/b24-22-,33-31+. The number of rotatable bonds is 44. The lowest BCUT2D eigenvalue weighted by Crippen LogP contribution is -2.60. The van der Waals surface area contributed by atoms with Crippen molar-refractivity contribution in [1.29, 1.82) is 0 Å². The Hall–Kier alpha value is -1.41. The summed E-state index contributed by atoms with van der Waals surface area (Å²) >= 11 is 0. The number of unbranched alkanes of at least 4 members (excludes halogenated alkanes) is 28. The molecule has 9 unspecified atom stereocenters. The smallest absolute Gasteiger partial charge is 0.249 e. The van der Waals surface area contributed by atoms with Crippen LogP contribution in [0.1, 0.15) is 232 Å². The number of aliphatic hydroxyl groups excluding tert-OH is 7. The van der Waals surface area contributed by atoms with E-state index in [9.17, 15) is 40.5 Å². The van der Waals surface area contributed by atoms with Gasteiger partial charge in [-0.25, -0.2) is 0 Å². The summed E-state index contributed by atoms with van der Waals surface area (Å²) in [7, 11) is 0. The first-order valence-corrected chi connectivity index (χ1v) is 26.2. The third kappa shape index (κ3) is 31.2. The zero-order valence-corrected chi connectivity index (χ0v) is 40.3. The third-order valence-corrected chi connectivity index (χ3v) is 12.7. The zero-order valence-electron chi connectivity index (χ0n) is 40.3. The number of nitrogens with one attached hydrogen (secondary N) is 1. The molecule has 1 aliphatic heterocycles. The average molecular weight is 898 g/mol. The van der Waals surface area contributed by atoms with Gasteiger partial charge in [-0.2, -0.15) is 0 Å². The number of ether oxygens (including phenoxy) is 2. The molecule has 1 amide bonds. The van der Waals surface area contributed by atoms with Crippen LogP contribution in [-0.2, 0) is 14.3 Å². The lowest BCUT2D eigenvalue weighted by Gasteiger charge is -2.40. The van der Waals surface area contributed by atoms with Gasteiger partial charge in [0.05, 0.1) is 25.4 Å². The van der Waals surface area contributed by atoms with Crippen LogP contribution in [0, 0.1) is 0 Å². The summed E-state index contributed by atoms with van der Waals surface area (Å²) in [6.07, 6.45) is 36.5. The van der Waals surface area contributed by atoms with Gasteiger partial charge in [-0.1, -0.05) is 192 Å². The molecule has 372 valence electrons. The van der Waals surface area contributed by atoms with Crippen LogP contribution in [-0.4, -0.2) is 110 Å². The Morgan fingerprint density at radius 1 is 0.540 bits per heavy atom. The van der Waals surface area contributed by atoms with Crippen molar-refractivity contribution in [2.24, 2.45) is 0 Å². The molecule has 0 aliphatic carbocycles. The Bertz CT molecular complexity index is 1080. The van der Waals surface area contributed by atoms with Gasteiger partial charge in [0.25, 0.3) is 0 Å². The van der Waals surface area contributed by atoms with Gasteiger partial charge in [-0.3, -0.25) is 4.79 Å². The minimum absolute atomic E-state index is 0.248. The summed E-state index contributed by atoms with van der Waals surface area (Å²) in [5.74, 6) is -0.710. The molecule has 1 saturated heterocycles. The first-order chi connectivity index (χ1) is 30.7. The predicted octanol–water partition coefficient (Wildman–Crippen LogP) is 9.79. The van der Waals surface area contributed by atoms with Crippen LogP contribution in [0.3, 0.4) is 0 Å². The lowest BCUT2D eigenvalue weighted by molar-refractivity contribution is -0.303. The minimum atomic E-state index is -1.67. The highest BCUT2D eigenvalue weighted by atomic mass is 16.7. The summed E-state index contributed by atoms with van der Waals surface area (Å²) in [5.41, 5.74) is 0. The third-order valence-electron chi connectivity index (χ3n) is 12.7. The minimum Gasteiger partial charge on any atom is -0.394 e. The van der Waals surface area contributed by atoms with Gasteiger partial charge in [-0.05, 0) is 64.2 Å². The fourth-order valence-corrected chi connectivity index (χ4v) is 8.38. The van der Waals surface area contributed by atoms with Crippen molar-refractivity contribution in [3.8, 4) is 0 Å². The van der Waals surface area contributed by atoms with Gasteiger partial charge < -0.3 is 50.5 Å². The quantitative estimate of drug-likeness (QED) is 0.0216. The summed E-state index contributed by atoms with van der Waals surface area (Å²) in [4.78, 5) is 13.1. The Morgan fingerprint density at radius 3 is 1.37 bits per heavy atom. The van der Waals surface area contributed by atoms with E-state index < -0.39 is 74.2 Å². The molecule has 11 heteroatoms. The second-order valence-corrected chi connectivity index (χ2v) is 18.6. The highest BCUT2D eigenvalue weighted by Crippen LogP contribution is 2.23. The number of carbonyl (C=O) groups excluding carboxylic acids is 1. The Morgan fingerprint density at radius 2 is 0.937 bits per heavy atom. The first kappa shape index (κ1) is 59.6. The zero-order chi connectivity index (χ0) is 46.2. The molecular formula is C52H99NO10. The second-order valence-electron chi connectivity index (χ2n) is 18.6. The van der Waals surface area contributed by atoms with Crippen molar-refractivity contribution in [3.63, 3.8) is 0 Å². The van der Waals surface area contributed by atoms with E-state index in [1.165, 1.54) is 135 Å². The molecule has 0 aromatic heterocycles. The Balaban J connectivity index is 2.41. The van der Waals surface area contributed by atoms with Crippen molar-refractivity contribution < 1.29 is 50.0 Å². The number of amides is 1. The van der Waals surface area contributed by atoms with Crippen LogP contribution in [0.25, 0.3) is 0 Å². The molecule has 0 aromatic rings. The Kier molecular flexibility index (Phi) is 39.7. The van der Waals surface area contributed by atoms with Crippen LogP contribution < -0.4 is 5.32 Å². The fraction of sp³-hybridized carbons (Fsp3) is 0.904. The van der Waals surface area contributed by atoms with E-state index in [1.54, 1.807) is 0 Å². The molecule has 1 heterocycles. The van der Waals surface area contributed by atoms with E-state index in [0.717, 1.165) is 57.8 Å². The van der Waals surface area contributed by atoms with Crippen molar-refractivity contribution >= 4 is 5.91 Å². The fourth-order valence-electron chi connectivity index (χ4n) is 8.38. The van der Waals surface area contributed by atoms with Crippen molar-refractivity contribution in [2.75, 3.05) is 13.2 Å². The molecule has 0 bridgehead atoms. The molecule has 63 heavy (non-hydrogen) atoms. The highest BCUT2D eigenvalue weighted by molar-refractivity contribution is 5.80. The van der Waals surface area contributed by atoms with E-state index in [2.05, 4.69) is 43.5 Å². The maximum Gasteiger partial charge on any atom is 0.249 e. The normalized spacial score (nSPS) is 21.3. The van der Waals surface area contributed by atoms with Crippen LogP contribution in [0.4, 0.5) is 0 Å². The van der Waals surface area contributed by atoms with Crippen molar-refractivity contribution in [3.05, 3.63) is 24.3 Å². The number of carbonyl (C=O) groups is 1. The summed E-state index contributed by atoms with van der Waals surface area (Å²) in [5, 5.41) is 75.9. The Labute approximate surface area is 384 Å². The van der Waals surface area contributed by atoms with Crippen LogP contribution in [0.5, 0.6) is 0 Å². The monoisotopic (exact) mass is 898 g/mol. The van der Waals surface area contributed by atoms with Gasteiger partial charge >= 0.3 is 0 Å². The van der Waals surface area contributed by atoms with Gasteiger partial charge in [0.2, 0.25) is 5.91 Å². The molecule has 1 rings (SSSR count). The molecule has 11 nitrogen and oxygen atoms in total. The molecule has 8 N–H and O–H groups in total. The molecule has 1 aliphatic rings. The maximum atomic E-state index is 13.1. The van der Waals surface area contributed by atoms with Gasteiger partial charge in [0.1, 0.15) is 36.6 Å². The molecular weight excluding hydrogens is 799 g/mol. The summed E-state index contributed by atoms with van der Waals surface area (Å²) in [6, 6.07) is -1.19. The van der Waals surface area contributed by atoms with Crippen molar-refractivity contribution in [2.45, 2.75) is 287 Å². The van der Waals surface area contributed by atoms with E-state index in [0.29, 0.717) is 12.8 Å². The first-order valence-electron chi connectivity index (χ1n) is 26.2. The lowest BCUT2D eigenvalue weighted by atomic mass is 9.98. The molecule has 0 aromatic carbocycles. The molecule has 9 atom stereocenters. The topological polar surface area (TPSA) is 189 Å². The molecule has 1 fully saturated rings. The van der Waals surface area contributed by atoms with Gasteiger partial charge in [0.15, 0.2) is 6.29 Å². The maximum absolute atomic E-state index is 13.1. The predicted molar refractivity (Wildman–Crippen MR) is 256 cm³/mol. The summed E-state index contributed by atoms with van der Waals surface area (Å²) < 4.78 is 11.1. The van der Waals surface area contributed by atoms with Gasteiger partial charge in [-0.15, -0.1) is 0 Å². The van der Waals surface area contributed by atoms with E-state index in [4.69, 9.17) is 9.47 Å². The number of aliphatic hydroxyl groups is 7. The molecule has 0 saturated carbocycles. The number of hydrogen-bond acceptors (Lipinski definition) is 10. The van der Waals surface area contributed by atoms with Crippen LogP contribution in [0.15, 0.2) is 24.3 Å². The van der Waals surface area contributed by atoms with E-state index >= 15 is 0 Å². The van der Waals surface area contributed by atoms with Crippen molar-refractivity contribution in [1.82, 2.24) is 5.32 Å². The van der Waals surface area contributed by atoms with Gasteiger partial charge in [0, 0.05) is 0 Å². The SMILES string of the molecule is CCCCCCCCCC/C=C\CCCCCCCCC(O)C(=O)NC(COC1OC(CO)C(O)C(O)C1O)C(O)C(O)CCC/C=C/CCCCCCCCCCCCCCC. The highest BCUT2D eigenvalue weighted by Gasteiger charge is 2.44. The summed E-state index contributed by atoms with van der Waals surface area (Å²) in [6.45, 7) is 3.44.